The standard InChI is InChI=1S/C23H32ClN3OSi/c1-9-19-26-20-14(2)12-15(3)25-21(20)27(19)22(28-29(7)8)16-10-11-17(18(24)13-16)23(4,5)6/h10-13,22,29H,9H2,1-8H3. The van der Waals surface area contributed by atoms with Gasteiger partial charge in [0, 0.05) is 22.7 Å². The molecule has 3 aromatic rings. The van der Waals surface area contributed by atoms with Crippen molar-refractivity contribution in [1.82, 2.24) is 14.5 Å². The quantitative estimate of drug-likeness (QED) is 0.459. The second-order valence-corrected chi connectivity index (χ2v) is 11.8. The molecule has 156 valence electrons. The maximum Gasteiger partial charge on any atom is 0.174 e. The Labute approximate surface area is 181 Å². The molecule has 6 heteroatoms. The van der Waals surface area contributed by atoms with Crippen LogP contribution in [0.2, 0.25) is 18.1 Å². The highest BCUT2D eigenvalue weighted by Crippen LogP contribution is 2.34. The molecule has 0 amide bonds. The van der Waals surface area contributed by atoms with E-state index in [2.05, 4.69) is 76.5 Å². The topological polar surface area (TPSA) is 39.9 Å². The molecule has 2 heterocycles. The molecule has 0 bridgehead atoms. The first-order valence-corrected chi connectivity index (χ1v) is 13.5. The van der Waals surface area contributed by atoms with Gasteiger partial charge < -0.3 is 4.43 Å². The Hall–Kier alpha value is -1.69. The molecule has 1 atom stereocenters. The second-order valence-electron chi connectivity index (χ2n) is 9.03. The number of aromatic nitrogens is 3. The van der Waals surface area contributed by atoms with E-state index in [0.717, 1.165) is 50.8 Å². The van der Waals surface area contributed by atoms with Crippen molar-refractivity contribution in [1.29, 1.82) is 0 Å². The van der Waals surface area contributed by atoms with Crippen molar-refractivity contribution < 1.29 is 4.43 Å². The second kappa shape index (κ2) is 8.21. The van der Waals surface area contributed by atoms with Crippen molar-refractivity contribution in [2.24, 2.45) is 0 Å². The molecule has 0 aliphatic carbocycles. The van der Waals surface area contributed by atoms with Crippen LogP contribution in [0.1, 0.15) is 62.1 Å². The molecule has 0 radical (unpaired) electrons. The Kier molecular flexibility index (Phi) is 6.23. The summed E-state index contributed by atoms with van der Waals surface area (Å²) >= 11 is 6.71. The van der Waals surface area contributed by atoms with Gasteiger partial charge in [-0.05, 0) is 55.6 Å². The van der Waals surface area contributed by atoms with Gasteiger partial charge in [-0.1, -0.05) is 51.4 Å². The van der Waals surface area contributed by atoms with E-state index in [9.17, 15) is 0 Å². The normalized spacial score (nSPS) is 13.4. The zero-order chi connectivity index (χ0) is 21.5. The molecule has 0 fully saturated rings. The molecule has 3 rings (SSSR count). The van der Waals surface area contributed by atoms with Crippen LogP contribution in [0.15, 0.2) is 24.3 Å². The molecule has 1 unspecified atom stereocenters. The fourth-order valence-electron chi connectivity index (χ4n) is 3.76. The summed E-state index contributed by atoms with van der Waals surface area (Å²) in [5.41, 5.74) is 6.13. The summed E-state index contributed by atoms with van der Waals surface area (Å²) < 4.78 is 8.73. The summed E-state index contributed by atoms with van der Waals surface area (Å²) in [6.45, 7) is 17.1. The highest BCUT2D eigenvalue weighted by Gasteiger charge is 2.26. The largest absolute Gasteiger partial charge is 0.397 e. The van der Waals surface area contributed by atoms with Crippen molar-refractivity contribution in [3.63, 3.8) is 0 Å². The van der Waals surface area contributed by atoms with Gasteiger partial charge in [-0.25, -0.2) is 9.97 Å². The van der Waals surface area contributed by atoms with Crippen LogP contribution in [0.5, 0.6) is 0 Å². The van der Waals surface area contributed by atoms with Gasteiger partial charge in [-0.2, -0.15) is 0 Å². The molecular weight excluding hydrogens is 398 g/mol. The highest BCUT2D eigenvalue weighted by molar-refractivity contribution is 6.48. The monoisotopic (exact) mass is 429 g/mol. The van der Waals surface area contributed by atoms with Crippen molar-refractivity contribution in [2.45, 2.75) is 72.7 Å². The van der Waals surface area contributed by atoms with E-state index in [1.165, 1.54) is 0 Å². The Morgan fingerprint density at radius 2 is 1.83 bits per heavy atom. The lowest BCUT2D eigenvalue weighted by Crippen LogP contribution is -2.23. The predicted molar refractivity (Wildman–Crippen MR) is 125 cm³/mol. The van der Waals surface area contributed by atoms with Gasteiger partial charge in [0.1, 0.15) is 11.3 Å². The first-order valence-electron chi connectivity index (χ1n) is 10.3. The van der Waals surface area contributed by atoms with Gasteiger partial charge in [0.15, 0.2) is 20.9 Å². The average Bonchev–Trinajstić information content (AvgIpc) is 2.97. The van der Waals surface area contributed by atoms with Gasteiger partial charge in [-0.15, -0.1) is 0 Å². The molecule has 4 nitrogen and oxygen atoms in total. The molecular formula is C23H32ClN3OSi. The van der Waals surface area contributed by atoms with E-state index >= 15 is 0 Å². The maximum absolute atomic E-state index is 6.71. The van der Waals surface area contributed by atoms with Crippen LogP contribution in [0.25, 0.3) is 11.2 Å². The average molecular weight is 430 g/mol. The number of halogens is 1. The van der Waals surface area contributed by atoms with Crippen LogP contribution in [0.4, 0.5) is 0 Å². The summed E-state index contributed by atoms with van der Waals surface area (Å²) in [5.74, 6) is 0.983. The molecule has 0 N–H and O–H groups in total. The van der Waals surface area contributed by atoms with Crippen molar-refractivity contribution in [3.8, 4) is 0 Å². The Balaban J connectivity index is 2.25. The number of rotatable bonds is 5. The molecule has 0 spiro atoms. The lowest BCUT2D eigenvalue weighted by molar-refractivity contribution is 0.176. The lowest BCUT2D eigenvalue weighted by atomic mass is 9.86. The molecule has 0 saturated heterocycles. The number of hydrogen-bond acceptors (Lipinski definition) is 3. The smallest absolute Gasteiger partial charge is 0.174 e. The first kappa shape index (κ1) is 22.0. The number of fused-ring (bicyclic) bond motifs is 1. The maximum atomic E-state index is 6.71. The fourth-order valence-corrected chi connectivity index (χ4v) is 5.02. The molecule has 0 aliphatic rings. The summed E-state index contributed by atoms with van der Waals surface area (Å²) in [7, 11) is -1.36. The Bertz CT molecular complexity index is 1040. The SMILES string of the molecule is CCc1nc2c(C)cc(C)nc2n1C(O[SiH](C)C)c1ccc(C(C)(C)C)c(Cl)c1. The van der Waals surface area contributed by atoms with Crippen LogP contribution in [-0.2, 0) is 16.3 Å². The van der Waals surface area contributed by atoms with Crippen molar-refractivity contribution >= 4 is 31.8 Å². The minimum atomic E-state index is -1.36. The van der Waals surface area contributed by atoms with Crippen LogP contribution in [-0.4, -0.2) is 23.6 Å². The number of hydrogen-bond donors (Lipinski definition) is 0. The van der Waals surface area contributed by atoms with Gasteiger partial charge in [0.2, 0.25) is 0 Å². The molecule has 0 aliphatic heterocycles. The third kappa shape index (κ3) is 4.42. The minimum Gasteiger partial charge on any atom is -0.397 e. The van der Waals surface area contributed by atoms with Crippen LogP contribution in [0, 0.1) is 13.8 Å². The van der Waals surface area contributed by atoms with Crippen LogP contribution >= 0.6 is 11.6 Å². The zero-order valence-corrected chi connectivity index (χ0v) is 20.7. The third-order valence-corrected chi connectivity index (χ3v) is 6.19. The van der Waals surface area contributed by atoms with E-state index in [1.54, 1.807) is 0 Å². The van der Waals surface area contributed by atoms with E-state index in [1.807, 2.05) is 6.92 Å². The van der Waals surface area contributed by atoms with Crippen LogP contribution in [0.3, 0.4) is 0 Å². The zero-order valence-electron chi connectivity index (χ0n) is 18.8. The van der Waals surface area contributed by atoms with Crippen molar-refractivity contribution in [2.75, 3.05) is 0 Å². The van der Waals surface area contributed by atoms with E-state index in [0.29, 0.717) is 0 Å². The lowest BCUT2D eigenvalue weighted by Gasteiger charge is -2.26. The summed E-state index contributed by atoms with van der Waals surface area (Å²) in [5, 5.41) is 0.775. The highest BCUT2D eigenvalue weighted by atomic mass is 35.5. The summed E-state index contributed by atoms with van der Waals surface area (Å²) in [4.78, 5) is 9.75. The van der Waals surface area contributed by atoms with Gasteiger partial charge in [-0.3, -0.25) is 4.57 Å². The number of imidazole rings is 1. The minimum absolute atomic E-state index is 0.00910. The first-order chi connectivity index (χ1) is 13.5. The number of pyridine rings is 1. The van der Waals surface area contributed by atoms with E-state index < -0.39 is 9.04 Å². The van der Waals surface area contributed by atoms with Crippen molar-refractivity contribution in [3.05, 3.63) is 57.5 Å². The molecule has 0 saturated carbocycles. The van der Waals surface area contributed by atoms with E-state index in [4.69, 9.17) is 26.0 Å². The molecule has 2 aromatic heterocycles. The fraction of sp³-hybridized carbons (Fsp3) is 0.478. The van der Waals surface area contributed by atoms with Crippen LogP contribution < -0.4 is 0 Å². The number of nitrogens with zero attached hydrogens (tertiary/aromatic N) is 3. The number of aryl methyl sites for hydroxylation is 3. The molecule has 29 heavy (non-hydrogen) atoms. The summed E-state index contributed by atoms with van der Waals surface area (Å²) in [6.07, 6.45) is 0.532. The predicted octanol–water partition coefficient (Wildman–Crippen LogP) is 6.11. The van der Waals surface area contributed by atoms with Gasteiger partial charge >= 0.3 is 0 Å². The summed E-state index contributed by atoms with van der Waals surface area (Å²) in [6, 6.07) is 8.41. The van der Waals surface area contributed by atoms with Gasteiger partial charge in [0.05, 0.1) is 0 Å². The molecule has 1 aromatic carbocycles. The Morgan fingerprint density at radius 3 is 2.38 bits per heavy atom. The van der Waals surface area contributed by atoms with Gasteiger partial charge in [0.25, 0.3) is 0 Å². The third-order valence-electron chi connectivity index (χ3n) is 5.08. The Morgan fingerprint density at radius 1 is 1.14 bits per heavy atom. The number of benzene rings is 1. The van der Waals surface area contributed by atoms with E-state index in [-0.39, 0.29) is 11.6 Å².